The predicted octanol–water partition coefficient (Wildman–Crippen LogP) is 10.2. The summed E-state index contributed by atoms with van der Waals surface area (Å²) in [5.41, 5.74) is 2.60. The number of ether oxygens (including phenoxy) is 1. The van der Waals surface area contributed by atoms with Crippen molar-refractivity contribution in [3.05, 3.63) is 11.6 Å². The van der Waals surface area contributed by atoms with E-state index >= 15 is 0 Å². The maximum Gasteiger partial charge on any atom is 0.306 e. The van der Waals surface area contributed by atoms with Gasteiger partial charge in [-0.05, 0) is 105 Å². The van der Waals surface area contributed by atoms with Gasteiger partial charge in [-0.1, -0.05) is 90.2 Å². The average molecular weight is 511 g/mol. The van der Waals surface area contributed by atoms with E-state index in [1.807, 2.05) is 0 Å². The molecule has 7 atom stereocenters. The molecule has 0 bridgehead atoms. The first-order chi connectivity index (χ1) is 17.9. The Labute approximate surface area is 229 Å². The van der Waals surface area contributed by atoms with Crippen LogP contribution in [0.2, 0.25) is 0 Å². The average Bonchev–Trinajstić information content (AvgIpc) is 3.23. The topological polar surface area (TPSA) is 26.3 Å². The summed E-state index contributed by atoms with van der Waals surface area (Å²) in [6.07, 6.45) is 30.4. The molecular weight excluding hydrogens is 452 g/mol. The highest BCUT2D eigenvalue weighted by atomic mass is 16.5. The van der Waals surface area contributed by atoms with Crippen molar-refractivity contribution in [3.8, 4) is 0 Å². The van der Waals surface area contributed by atoms with Crippen molar-refractivity contribution in [3.63, 3.8) is 0 Å². The summed E-state index contributed by atoms with van der Waals surface area (Å²) in [6, 6.07) is 0. The summed E-state index contributed by atoms with van der Waals surface area (Å²) in [5, 5.41) is 0. The number of fused-ring (bicyclic) bond motifs is 5. The monoisotopic (exact) mass is 510 g/mol. The highest BCUT2D eigenvalue weighted by molar-refractivity contribution is 5.70. The highest BCUT2D eigenvalue weighted by Gasteiger charge is 2.58. The molecule has 0 amide bonds. The van der Waals surface area contributed by atoms with Gasteiger partial charge in [0.25, 0.3) is 0 Å². The van der Waals surface area contributed by atoms with Crippen molar-refractivity contribution in [1.82, 2.24) is 0 Å². The van der Waals surface area contributed by atoms with Gasteiger partial charge < -0.3 is 4.74 Å². The Bertz CT molecular complexity index is 793. The lowest BCUT2D eigenvalue weighted by Crippen LogP contribution is -2.50. The van der Waals surface area contributed by atoms with Crippen molar-refractivity contribution in [2.75, 3.05) is 0 Å². The molecule has 4 fully saturated rings. The van der Waals surface area contributed by atoms with E-state index in [1.54, 1.807) is 5.57 Å². The van der Waals surface area contributed by atoms with Gasteiger partial charge in [0, 0.05) is 12.8 Å². The molecule has 0 heterocycles. The van der Waals surface area contributed by atoms with Gasteiger partial charge in [-0.25, -0.2) is 0 Å². The van der Waals surface area contributed by atoms with Crippen LogP contribution >= 0.6 is 0 Å². The summed E-state index contributed by atoms with van der Waals surface area (Å²) >= 11 is 0. The van der Waals surface area contributed by atoms with Gasteiger partial charge >= 0.3 is 5.97 Å². The number of carbonyl (C=O) groups is 1. The van der Waals surface area contributed by atoms with Crippen LogP contribution in [0.4, 0.5) is 0 Å². The minimum Gasteiger partial charge on any atom is -0.462 e. The molecule has 5 rings (SSSR count). The molecule has 210 valence electrons. The lowest BCUT2D eigenvalue weighted by molar-refractivity contribution is -0.152. The first kappa shape index (κ1) is 27.8. The number of rotatable bonds is 10. The molecule has 37 heavy (non-hydrogen) atoms. The largest absolute Gasteiger partial charge is 0.462 e. The van der Waals surface area contributed by atoms with E-state index in [0.29, 0.717) is 23.2 Å². The van der Waals surface area contributed by atoms with Gasteiger partial charge in [-0.2, -0.15) is 0 Å². The van der Waals surface area contributed by atoms with Crippen molar-refractivity contribution in [1.29, 1.82) is 0 Å². The van der Waals surface area contributed by atoms with E-state index in [-0.39, 0.29) is 12.1 Å². The van der Waals surface area contributed by atoms with Crippen molar-refractivity contribution in [2.24, 2.45) is 40.4 Å². The van der Waals surface area contributed by atoms with Crippen LogP contribution in [0.15, 0.2) is 11.6 Å². The van der Waals surface area contributed by atoms with Gasteiger partial charge in [0.05, 0.1) is 0 Å². The van der Waals surface area contributed by atoms with Gasteiger partial charge in [-0.15, -0.1) is 0 Å². The second-order valence-electron chi connectivity index (χ2n) is 14.7. The first-order valence-electron chi connectivity index (χ1n) is 16.8. The number of allylic oxidation sites excluding steroid dienone is 1. The molecule has 0 unspecified atom stereocenters. The molecule has 5 aliphatic rings. The maximum atomic E-state index is 12.7. The lowest BCUT2D eigenvalue weighted by Gasteiger charge is -2.58. The van der Waals surface area contributed by atoms with Crippen LogP contribution in [0.3, 0.4) is 0 Å². The molecule has 5 aliphatic carbocycles. The fourth-order valence-corrected chi connectivity index (χ4v) is 10.3. The fourth-order valence-electron chi connectivity index (χ4n) is 10.3. The number of carbonyl (C=O) groups excluding carboxylic acids is 1. The molecule has 4 saturated carbocycles. The van der Waals surface area contributed by atoms with Gasteiger partial charge in [-0.3, -0.25) is 4.79 Å². The predicted molar refractivity (Wildman–Crippen MR) is 154 cm³/mol. The molecule has 0 aromatic heterocycles. The molecule has 0 aromatic rings. The summed E-state index contributed by atoms with van der Waals surface area (Å²) < 4.78 is 6.11. The molecule has 0 N–H and O–H groups in total. The molecule has 0 saturated heterocycles. The lowest BCUT2D eigenvalue weighted by atomic mass is 9.47. The second-order valence-corrected chi connectivity index (χ2v) is 14.7. The normalized spacial score (nSPS) is 39.9. The van der Waals surface area contributed by atoms with Gasteiger partial charge in [0.2, 0.25) is 0 Å². The van der Waals surface area contributed by atoms with Crippen LogP contribution in [-0.4, -0.2) is 12.1 Å². The van der Waals surface area contributed by atoms with Crippen LogP contribution in [0, 0.1) is 40.4 Å². The minimum absolute atomic E-state index is 0.0885. The van der Waals surface area contributed by atoms with Crippen molar-refractivity contribution in [2.45, 2.75) is 162 Å². The Hall–Kier alpha value is -0.790. The molecule has 0 spiro atoms. The summed E-state index contributed by atoms with van der Waals surface area (Å²) in [6.45, 7) is 7.62. The van der Waals surface area contributed by atoms with E-state index in [2.05, 4.69) is 26.8 Å². The summed E-state index contributed by atoms with van der Waals surface area (Å²) in [7, 11) is 0. The fraction of sp³-hybridized carbons (Fsp3) is 0.914. The summed E-state index contributed by atoms with van der Waals surface area (Å²) in [4.78, 5) is 12.7. The maximum absolute atomic E-state index is 12.7. The number of unbranched alkanes of at least 4 members (excludes halogenated alkanes) is 5. The van der Waals surface area contributed by atoms with Crippen molar-refractivity contribution < 1.29 is 9.53 Å². The number of hydrogen-bond donors (Lipinski definition) is 0. The van der Waals surface area contributed by atoms with Crippen molar-refractivity contribution >= 4 is 5.97 Å². The number of hydrogen-bond acceptors (Lipinski definition) is 2. The van der Waals surface area contributed by atoms with Gasteiger partial charge in [0.15, 0.2) is 0 Å². The zero-order chi connectivity index (χ0) is 25.9. The first-order valence-corrected chi connectivity index (χ1v) is 16.8. The van der Waals surface area contributed by atoms with E-state index in [9.17, 15) is 4.79 Å². The Morgan fingerprint density at radius 1 is 0.892 bits per heavy atom. The van der Waals surface area contributed by atoms with Crippen LogP contribution in [0.5, 0.6) is 0 Å². The third-order valence-corrected chi connectivity index (χ3v) is 12.6. The van der Waals surface area contributed by atoms with Crippen LogP contribution in [0.25, 0.3) is 0 Å². The third-order valence-electron chi connectivity index (χ3n) is 12.6. The molecule has 0 aromatic carbocycles. The SMILES string of the molecule is CCCCCCCC[C@H]1CC[C@@H]2[C@H]3CC=C4C[C@@H](OC(=O)CC5CCCCC5)CC[C@]4(C)[C@@H]3CC[C@]12C. The van der Waals surface area contributed by atoms with Crippen LogP contribution in [0.1, 0.15) is 156 Å². The molecular formula is C35H58O2. The zero-order valence-electron chi connectivity index (χ0n) is 24.7. The Morgan fingerprint density at radius 3 is 2.49 bits per heavy atom. The number of esters is 1. The highest BCUT2D eigenvalue weighted by Crippen LogP contribution is 2.66. The Balaban J connectivity index is 1.16. The Morgan fingerprint density at radius 2 is 1.68 bits per heavy atom. The second kappa shape index (κ2) is 12.2. The molecule has 0 aliphatic heterocycles. The van der Waals surface area contributed by atoms with Crippen LogP contribution < -0.4 is 0 Å². The van der Waals surface area contributed by atoms with E-state index in [1.165, 1.54) is 116 Å². The van der Waals surface area contributed by atoms with Gasteiger partial charge in [0.1, 0.15) is 6.10 Å². The quantitative estimate of drug-likeness (QED) is 0.166. The molecule has 2 heteroatoms. The third kappa shape index (κ3) is 5.89. The zero-order valence-corrected chi connectivity index (χ0v) is 24.7. The smallest absolute Gasteiger partial charge is 0.306 e. The van der Waals surface area contributed by atoms with Crippen LogP contribution in [-0.2, 0) is 9.53 Å². The van der Waals surface area contributed by atoms with E-state index < -0.39 is 0 Å². The van der Waals surface area contributed by atoms with E-state index in [4.69, 9.17) is 4.74 Å². The standard InChI is InChI=1S/C35H58O2/c1-4-5-6-7-8-12-15-27-17-19-31-30-18-16-28-25-29(37-33(36)24-26-13-10-9-11-14-26)20-22-35(28,3)32(30)21-23-34(27,31)2/h16,26-27,29-32H,4-15,17-25H2,1-3H3/t27-,29-,30+,31+,32+,34+,35-/m0/s1. The molecule has 2 nitrogen and oxygen atoms in total. The molecule has 0 radical (unpaired) electrons. The summed E-state index contributed by atoms with van der Waals surface area (Å²) in [5.74, 6) is 4.34. The minimum atomic E-state index is 0.0885. The van der Waals surface area contributed by atoms with E-state index in [0.717, 1.165) is 36.5 Å². The Kier molecular flexibility index (Phi) is 9.13.